The molecule has 2 heterocycles. The molecular formula is C18H18ClN4O-. The van der Waals surface area contributed by atoms with E-state index in [-0.39, 0.29) is 18.2 Å². The van der Waals surface area contributed by atoms with Crippen LogP contribution in [0.4, 0.5) is 17.5 Å². The van der Waals surface area contributed by atoms with Crippen molar-refractivity contribution in [3.63, 3.8) is 0 Å². The summed E-state index contributed by atoms with van der Waals surface area (Å²) in [7, 11) is 0. The molecular weight excluding hydrogens is 324 g/mol. The number of para-hydroxylation sites is 1. The normalized spacial score (nSPS) is 13.8. The number of anilines is 3. The average molecular weight is 342 g/mol. The van der Waals surface area contributed by atoms with Gasteiger partial charge in [-0.1, -0.05) is 12.1 Å². The molecule has 0 saturated carbocycles. The lowest BCUT2D eigenvalue weighted by Crippen LogP contribution is -3.00. The molecule has 1 saturated heterocycles. The molecule has 1 fully saturated rings. The number of nitrogens with zero attached hydrogens (tertiary/aromatic N) is 3. The van der Waals surface area contributed by atoms with Gasteiger partial charge in [-0.3, -0.25) is 0 Å². The first-order valence-electron chi connectivity index (χ1n) is 7.87. The fourth-order valence-corrected chi connectivity index (χ4v) is 2.96. The van der Waals surface area contributed by atoms with E-state index < -0.39 is 0 Å². The highest BCUT2D eigenvalue weighted by atomic mass is 35.5. The van der Waals surface area contributed by atoms with Crippen LogP contribution in [-0.2, 0) is 0 Å². The molecule has 0 amide bonds. The third kappa shape index (κ3) is 3.21. The summed E-state index contributed by atoms with van der Waals surface area (Å²) in [5.74, 6) is 1.82. The van der Waals surface area contributed by atoms with Crippen LogP contribution in [0, 0.1) is 0 Å². The summed E-state index contributed by atoms with van der Waals surface area (Å²) in [5, 5.41) is 13.7. The van der Waals surface area contributed by atoms with E-state index >= 15 is 0 Å². The van der Waals surface area contributed by atoms with Gasteiger partial charge in [0, 0.05) is 24.2 Å². The topological polar surface area (TPSA) is 61.3 Å². The van der Waals surface area contributed by atoms with Crippen molar-refractivity contribution in [1.82, 2.24) is 9.97 Å². The second-order valence-electron chi connectivity index (χ2n) is 5.75. The molecule has 2 N–H and O–H groups in total. The number of aromatic hydroxyl groups is 1. The molecule has 6 heteroatoms. The summed E-state index contributed by atoms with van der Waals surface area (Å²) in [6.45, 7) is 2.08. The summed E-state index contributed by atoms with van der Waals surface area (Å²) < 4.78 is 0. The zero-order valence-electron chi connectivity index (χ0n) is 13.1. The fourth-order valence-electron chi connectivity index (χ4n) is 2.96. The van der Waals surface area contributed by atoms with E-state index in [0.29, 0.717) is 5.95 Å². The highest BCUT2D eigenvalue weighted by Gasteiger charge is 2.18. The van der Waals surface area contributed by atoms with E-state index in [4.69, 9.17) is 4.98 Å². The summed E-state index contributed by atoms with van der Waals surface area (Å²) in [6, 6.07) is 15.0. The quantitative estimate of drug-likeness (QED) is 0.686. The van der Waals surface area contributed by atoms with Crippen LogP contribution >= 0.6 is 0 Å². The number of halogens is 1. The van der Waals surface area contributed by atoms with Gasteiger partial charge in [0.1, 0.15) is 11.6 Å². The fraction of sp³-hybridized carbons (Fsp3) is 0.222. The first-order valence-corrected chi connectivity index (χ1v) is 7.87. The summed E-state index contributed by atoms with van der Waals surface area (Å²) in [6.07, 6.45) is 2.41. The number of aromatic nitrogens is 2. The lowest BCUT2D eigenvalue weighted by atomic mass is 10.2. The first-order chi connectivity index (χ1) is 11.3. The Hall–Kier alpha value is -2.53. The molecule has 5 nitrogen and oxygen atoms in total. The molecule has 1 aliphatic rings. The second-order valence-corrected chi connectivity index (χ2v) is 5.75. The minimum absolute atomic E-state index is 0. The van der Waals surface area contributed by atoms with E-state index in [0.717, 1.165) is 35.5 Å². The zero-order chi connectivity index (χ0) is 15.6. The van der Waals surface area contributed by atoms with Crippen LogP contribution < -0.4 is 22.6 Å². The van der Waals surface area contributed by atoms with Gasteiger partial charge in [-0.15, -0.1) is 0 Å². The highest BCUT2D eigenvalue weighted by Crippen LogP contribution is 2.29. The average Bonchev–Trinajstić information content (AvgIpc) is 3.11. The maximum absolute atomic E-state index is 9.39. The van der Waals surface area contributed by atoms with Crippen molar-refractivity contribution in [1.29, 1.82) is 0 Å². The minimum Gasteiger partial charge on any atom is -1.00 e. The number of benzene rings is 2. The van der Waals surface area contributed by atoms with E-state index in [1.807, 2.05) is 30.3 Å². The summed E-state index contributed by atoms with van der Waals surface area (Å²) >= 11 is 0. The van der Waals surface area contributed by atoms with Crippen LogP contribution in [0.5, 0.6) is 5.75 Å². The molecule has 3 aromatic rings. The zero-order valence-corrected chi connectivity index (χ0v) is 13.9. The molecule has 0 atom stereocenters. The van der Waals surface area contributed by atoms with E-state index in [2.05, 4.69) is 21.3 Å². The largest absolute Gasteiger partial charge is 1.00 e. The molecule has 0 radical (unpaired) electrons. The van der Waals surface area contributed by atoms with Gasteiger partial charge in [0.2, 0.25) is 5.95 Å². The number of phenols is 1. The van der Waals surface area contributed by atoms with Gasteiger partial charge < -0.3 is 27.7 Å². The third-order valence-electron chi connectivity index (χ3n) is 4.11. The van der Waals surface area contributed by atoms with E-state index in [1.165, 1.54) is 12.8 Å². The Bertz CT molecular complexity index is 832. The number of hydrogen-bond donors (Lipinski definition) is 2. The van der Waals surface area contributed by atoms with Crippen molar-refractivity contribution in [2.45, 2.75) is 12.8 Å². The Labute approximate surface area is 146 Å². The second kappa shape index (κ2) is 6.93. The van der Waals surface area contributed by atoms with Crippen LogP contribution in [0.3, 0.4) is 0 Å². The Morgan fingerprint density at radius 2 is 1.62 bits per heavy atom. The molecule has 0 aliphatic carbocycles. The van der Waals surface area contributed by atoms with Crippen LogP contribution in [0.1, 0.15) is 12.8 Å². The van der Waals surface area contributed by atoms with Gasteiger partial charge in [-0.25, -0.2) is 4.98 Å². The summed E-state index contributed by atoms with van der Waals surface area (Å²) in [5.41, 5.74) is 1.79. The molecule has 0 bridgehead atoms. The Morgan fingerprint density at radius 3 is 2.38 bits per heavy atom. The van der Waals surface area contributed by atoms with Gasteiger partial charge in [0.05, 0.1) is 5.52 Å². The van der Waals surface area contributed by atoms with Gasteiger partial charge in [-0.05, 0) is 49.2 Å². The van der Waals surface area contributed by atoms with Gasteiger partial charge >= 0.3 is 0 Å². The molecule has 0 unspecified atom stereocenters. The van der Waals surface area contributed by atoms with Crippen LogP contribution in [-0.4, -0.2) is 28.2 Å². The molecule has 24 heavy (non-hydrogen) atoms. The van der Waals surface area contributed by atoms with E-state index in [1.54, 1.807) is 12.1 Å². The Balaban J connectivity index is 0.00000169. The Morgan fingerprint density at radius 1 is 0.917 bits per heavy atom. The minimum atomic E-state index is 0. The lowest BCUT2D eigenvalue weighted by Gasteiger charge is -2.19. The lowest BCUT2D eigenvalue weighted by molar-refractivity contribution is -0.00000573. The third-order valence-corrected chi connectivity index (χ3v) is 4.11. The van der Waals surface area contributed by atoms with Crippen molar-refractivity contribution in [3.8, 4) is 5.75 Å². The predicted molar refractivity (Wildman–Crippen MR) is 92.4 cm³/mol. The van der Waals surface area contributed by atoms with Gasteiger partial charge in [0.25, 0.3) is 0 Å². The number of hydrogen-bond acceptors (Lipinski definition) is 5. The van der Waals surface area contributed by atoms with Crippen molar-refractivity contribution in [2.24, 2.45) is 0 Å². The summed E-state index contributed by atoms with van der Waals surface area (Å²) in [4.78, 5) is 11.7. The van der Waals surface area contributed by atoms with Gasteiger partial charge in [0.15, 0.2) is 0 Å². The Kier molecular flexibility index (Phi) is 4.71. The van der Waals surface area contributed by atoms with Crippen LogP contribution in [0.15, 0.2) is 48.5 Å². The molecule has 0 spiro atoms. The van der Waals surface area contributed by atoms with Crippen molar-refractivity contribution >= 4 is 28.4 Å². The number of nitrogens with one attached hydrogen (secondary N) is 1. The predicted octanol–water partition coefficient (Wildman–Crippen LogP) is 0.683. The number of rotatable bonds is 3. The SMILES string of the molecule is Oc1ccc(Nc2nc(N3CCCC3)c3ccccc3n2)cc1.[Cl-]. The van der Waals surface area contributed by atoms with Crippen molar-refractivity contribution < 1.29 is 17.5 Å². The number of fused-ring (bicyclic) bond motifs is 1. The maximum atomic E-state index is 9.39. The standard InChI is InChI=1S/C18H18N4O.ClH/c23-14-9-7-13(8-10-14)19-18-20-16-6-2-1-5-15(16)17(21-18)22-11-3-4-12-22;/h1-2,5-10,23H,3-4,11-12H2,(H,19,20,21);1H/p-1. The molecule has 1 aliphatic heterocycles. The van der Waals surface area contributed by atoms with Gasteiger partial charge in [-0.2, -0.15) is 4.98 Å². The van der Waals surface area contributed by atoms with Crippen LogP contribution in [0.2, 0.25) is 0 Å². The molecule has 2 aromatic carbocycles. The highest BCUT2D eigenvalue weighted by molar-refractivity contribution is 5.90. The molecule has 124 valence electrons. The molecule has 4 rings (SSSR count). The molecule has 1 aromatic heterocycles. The van der Waals surface area contributed by atoms with Crippen molar-refractivity contribution in [2.75, 3.05) is 23.3 Å². The first kappa shape index (κ1) is 16.3. The maximum Gasteiger partial charge on any atom is 0.229 e. The van der Waals surface area contributed by atoms with E-state index in [9.17, 15) is 5.11 Å². The smallest absolute Gasteiger partial charge is 0.229 e. The monoisotopic (exact) mass is 341 g/mol. The van der Waals surface area contributed by atoms with Crippen molar-refractivity contribution in [3.05, 3.63) is 48.5 Å². The number of phenolic OH excluding ortho intramolecular Hbond substituents is 1. The van der Waals surface area contributed by atoms with Crippen LogP contribution in [0.25, 0.3) is 10.9 Å².